The van der Waals surface area contributed by atoms with Gasteiger partial charge in [-0.1, -0.05) is 42.5 Å². The Morgan fingerprint density at radius 1 is 1.08 bits per heavy atom. The maximum atomic E-state index is 12.4. The normalized spacial score (nSPS) is 11.1. The summed E-state index contributed by atoms with van der Waals surface area (Å²) in [6.07, 6.45) is 0. The Hall–Kier alpha value is -3.48. The number of fused-ring (bicyclic) bond motifs is 3. The molecule has 2 heterocycles. The van der Waals surface area contributed by atoms with Gasteiger partial charge in [0.05, 0.1) is 5.52 Å². The second-order valence-electron chi connectivity index (χ2n) is 5.59. The van der Waals surface area contributed by atoms with Crippen molar-refractivity contribution in [2.24, 2.45) is 7.05 Å². The maximum absolute atomic E-state index is 12.4. The topological polar surface area (TPSA) is 78.5 Å². The molecule has 0 bridgehead atoms. The van der Waals surface area contributed by atoms with Crippen LogP contribution >= 0.6 is 0 Å². The monoisotopic (exact) mass is 334 g/mol. The van der Waals surface area contributed by atoms with Crippen molar-refractivity contribution < 1.29 is 9.53 Å². The fourth-order valence-corrected chi connectivity index (χ4v) is 2.69. The molecule has 0 fully saturated rings. The Kier molecular flexibility index (Phi) is 3.53. The predicted octanol–water partition coefficient (Wildman–Crippen LogP) is 1.94. The number of carbonyl (C=O) groups excluding carboxylic acids is 1. The van der Waals surface area contributed by atoms with E-state index in [1.54, 1.807) is 7.05 Å². The van der Waals surface area contributed by atoms with E-state index in [-0.39, 0.29) is 18.1 Å². The lowest BCUT2D eigenvalue weighted by Gasteiger charge is -2.04. The number of esters is 1. The molecule has 0 N–H and O–H groups in total. The molecule has 0 amide bonds. The number of aromatic nitrogens is 4. The maximum Gasteiger partial charge on any atom is 0.378 e. The minimum absolute atomic E-state index is 0.119. The molecule has 0 aliphatic carbocycles. The third-order valence-electron chi connectivity index (χ3n) is 3.98. The number of carbonyl (C=O) groups is 1. The lowest BCUT2D eigenvalue weighted by Crippen LogP contribution is -2.25. The quantitative estimate of drug-likeness (QED) is 0.535. The fourth-order valence-electron chi connectivity index (χ4n) is 2.69. The zero-order valence-electron chi connectivity index (χ0n) is 13.4. The first-order valence-electron chi connectivity index (χ1n) is 7.71. The molecule has 7 heteroatoms. The molecule has 0 saturated heterocycles. The summed E-state index contributed by atoms with van der Waals surface area (Å²) in [5.74, 6) is -0.803. The van der Waals surface area contributed by atoms with Crippen LogP contribution in [0.2, 0.25) is 0 Å². The standard InChI is InChI=1S/C18H14N4O3/c1-21-14-10-6-5-9-13(14)16-19-15(20-22(16)18(21)24)17(23)25-11-12-7-3-2-4-8-12/h2-10H,11H2,1H3. The van der Waals surface area contributed by atoms with Crippen LogP contribution in [0.25, 0.3) is 16.6 Å². The first-order chi connectivity index (χ1) is 12.1. The number of benzene rings is 2. The van der Waals surface area contributed by atoms with Gasteiger partial charge in [-0.15, -0.1) is 5.10 Å². The van der Waals surface area contributed by atoms with E-state index >= 15 is 0 Å². The summed E-state index contributed by atoms with van der Waals surface area (Å²) in [4.78, 5) is 28.9. The van der Waals surface area contributed by atoms with Gasteiger partial charge in [0.15, 0.2) is 5.65 Å². The third-order valence-corrected chi connectivity index (χ3v) is 3.98. The minimum Gasteiger partial charge on any atom is -0.455 e. The van der Waals surface area contributed by atoms with Crippen LogP contribution in [0, 0.1) is 0 Å². The van der Waals surface area contributed by atoms with Gasteiger partial charge in [0, 0.05) is 12.4 Å². The van der Waals surface area contributed by atoms with Gasteiger partial charge in [-0.3, -0.25) is 4.57 Å². The van der Waals surface area contributed by atoms with Crippen LogP contribution in [0.1, 0.15) is 16.2 Å². The lowest BCUT2D eigenvalue weighted by atomic mass is 10.2. The lowest BCUT2D eigenvalue weighted by molar-refractivity contribution is 0.0458. The molecule has 7 nitrogen and oxygen atoms in total. The molecule has 2 aromatic heterocycles. The van der Waals surface area contributed by atoms with Crippen LogP contribution in [0.5, 0.6) is 0 Å². The van der Waals surface area contributed by atoms with E-state index in [4.69, 9.17) is 4.74 Å². The van der Waals surface area contributed by atoms with Gasteiger partial charge in [0.1, 0.15) is 6.61 Å². The van der Waals surface area contributed by atoms with Crippen molar-refractivity contribution in [3.63, 3.8) is 0 Å². The van der Waals surface area contributed by atoms with Gasteiger partial charge in [-0.05, 0) is 17.7 Å². The molecule has 0 atom stereocenters. The van der Waals surface area contributed by atoms with Crippen molar-refractivity contribution in [1.82, 2.24) is 19.2 Å². The van der Waals surface area contributed by atoms with Gasteiger partial charge < -0.3 is 4.74 Å². The smallest absolute Gasteiger partial charge is 0.378 e. The largest absolute Gasteiger partial charge is 0.455 e. The Balaban J connectivity index is 1.74. The molecule has 0 saturated carbocycles. The highest BCUT2D eigenvalue weighted by molar-refractivity contribution is 5.93. The number of aryl methyl sites for hydroxylation is 1. The van der Waals surface area contributed by atoms with E-state index < -0.39 is 5.97 Å². The van der Waals surface area contributed by atoms with E-state index in [1.807, 2.05) is 54.6 Å². The summed E-state index contributed by atoms with van der Waals surface area (Å²) >= 11 is 0. The number of para-hydroxylation sites is 1. The Bertz CT molecular complexity index is 1150. The number of rotatable bonds is 3. The molecular formula is C18H14N4O3. The van der Waals surface area contributed by atoms with E-state index in [2.05, 4.69) is 10.1 Å². The summed E-state index contributed by atoms with van der Waals surface area (Å²) in [6.45, 7) is 0.119. The molecule has 25 heavy (non-hydrogen) atoms. The molecule has 124 valence electrons. The van der Waals surface area contributed by atoms with E-state index in [9.17, 15) is 9.59 Å². The highest BCUT2D eigenvalue weighted by Gasteiger charge is 2.18. The van der Waals surface area contributed by atoms with Crippen molar-refractivity contribution in [3.05, 3.63) is 76.5 Å². The summed E-state index contributed by atoms with van der Waals surface area (Å²) in [5.41, 5.74) is 1.55. The fraction of sp³-hybridized carbons (Fsp3) is 0.111. The van der Waals surface area contributed by atoms with Crippen molar-refractivity contribution >= 4 is 22.5 Å². The van der Waals surface area contributed by atoms with Crippen LogP contribution in [0.4, 0.5) is 0 Å². The van der Waals surface area contributed by atoms with Crippen molar-refractivity contribution in [2.45, 2.75) is 6.61 Å². The van der Waals surface area contributed by atoms with Crippen molar-refractivity contribution in [3.8, 4) is 0 Å². The Labute approximate surface area is 142 Å². The first-order valence-corrected chi connectivity index (χ1v) is 7.71. The van der Waals surface area contributed by atoms with Crippen LogP contribution in [0.15, 0.2) is 59.4 Å². The third kappa shape index (κ3) is 2.55. The van der Waals surface area contributed by atoms with Crippen LogP contribution < -0.4 is 5.69 Å². The highest BCUT2D eigenvalue weighted by atomic mass is 16.5. The summed E-state index contributed by atoms with van der Waals surface area (Å²) in [5, 5.41) is 4.77. The molecule has 0 spiro atoms. The van der Waals surface area contributed by atoms with Gasteiger partial charge in [-0.25, -0.2) is 14.6 Å². The molecule has 4 rings (SSSR count). The molecule has 0 radical (unpaired) electrons. The Morgan fingerprint density at radius 2 is 1.80 bits per heavy atom. The second-order valence-corrected chi connectivity index (χ2v) is 5.59. The molecule has 4 aromatic rings. The molecular weight excluding hydrogens is 320 g/mol. The summed E-state index contributed by atoms with van der Waals surface area (Å²) < 4.78 is 7.83. The zero-order valence-corrected chi connectivity index (χ0v) is 13.4. The molecule has 0 aliphatic rings. The van der Waals surface area contributed by atoms with Crippen molar-refractivity contribution in [2.75, 3.05) is 0 Å². The number of nitrogens with zero attached hydrogens (tertiary/aromatic N) is 4. The number of hydrogen-bond acceptors (Lipinski definition) is 5. The van der Waals surface area contributed by atoms with Gasteiger partial charge in [-0.2, -0.15) is 4.52 Å². The van der Waals surface area contributed by atoms with Gasteiger partial charge in [0.2, 0.25) is 0 Å². The molecule has 0 aliphatic heterocycles. The molecule has 2 aromatic carbocycles. The SMILES string of the molecule is Cn1c(=O)n2nc(C(=O)OCc3ccccc3)nc2c2ccccc21. The average molecular weight is 334 g/mol. The van der Waals surface area contributed by atoms with Crippen molar-refractivity contribution in [1.29, 1.82) is 0 Å². The highest BCUT2D eigenvalue weighted by Crippen LogP contribution is 2.16. The second kappa shape index (κ2) is 5.86. The van der Waals surface area contributed by atoms with E-state index in [1.165, 1.54) is 4.57 Å². The average Bonchev–Trinajstić information content (AvgIpc) is 3.11. The van der Waals surface area contributed by atoms with Gasteiger partial charge in [0.25, 0.3) is 5.82 Å². The Morgan fingerprint density at radius 3 is 2.60 bits per heavy atom. The van der Waals surface area contributed by atoms with Crippen LogP contribution in [-0.2, 0) is 18.4 Å². The number of hydrogen-bond donors (Lipinski definition) is 0. The zero-order chi connectivity index (χ0) is 17.4. The van der Waals surface area contributed by atoms with Crippen LogP contribution in [0.3, 0.4) is 0 Å². The first kappa shape index (κ1) is 15.1. The summed E-state index contributed by atoms with van der Waals surface area (Å²) in [7, 11) is 1.65. The van der Waals surface area contributed by atoms with Gasteiger partial charge >= 0.3 is 11.7 Å². The minimum atomic E-state index is -0.668. The van der Waals surface area contributed by atoms with Crippen LogP contribution in [-0.4, -0.2) is 25.1 Å². The van der Waals surface area contributed by atoms with E-state index in [0.29, 0.717) is 5.65 Å². The molecule has 0 unspecified atom stereocenters. The van der Waals surface area contributed by atoms with E-state index in [0.717, 1.165) is 21.0 Å². The predicted molar refractivity (Wildman–Crippen MR) is 91.3 cm³/mol. The number of ether oxygens (including phenoxy) is 1. The summed E-state index contributed by atoms with van der Waals surface area (Å²) in [6, 6.07) is 16.6.